The van der Waals surface area contributed by atoms with Crippen LogP contribution in [0.3, 0.4) is 0 Å². The third-order valence-corrected chi connectivity index (χ3v) is 3.61. The number of aryl methyl sites for hydroxylation is 1. The van der Waals surface area contributed by atoms with Crippen molar-refractivity contribution in [1.29, 1.82) is 0 Å². The van der Waals surface area contributed by atoms with Crippen molar-refractivity contribution in [2.24, 2.45) is 5.73 Å². The van der Waals surface area contributed by atoms with Crippen molar-refractivity contribution < 1.29 is 9.53 Å². The Labute approximate surface area is 115 Å². The van der Waals surface area contributed by atoms with Crippen molar-refractivity contribution in [2.45, 2.75) is 25.9 Å². The van der Waals surface area contributed by atoms with Crippen LogP contribution in [-0.4, -0.2) is 25.6 Å². The summed E-state index contributed by atoms with van der Waals surface area (Å²) in [4.78, 5) is 13.8. The number of anilines is 1. The molecular weight excluding hydrogens is 296 g/mol. The second kappa shape index (κ2) is 5.28. The van der Waals surface area contributed by atoms with E-state index in [0.29, 0.717) is 13.0 Å². The molecule has 4 nitrogen and oxygen atoms in total. The topological polar surface area (TPSA) is 55.6 Å². The smallest absolute Gasteiger partial charge is 0.267 e. The lowest BCUT2D eigenvalue weighted by Crippen LogP contribution is -2.45. The first-order chi connectivity index (χ1) is 8.58. The van der Waals surface area contributed by atoms with E-state index in [9.17, 15) is 4.79 Å². The zero-order chi connectivity index (χ0) is 13.3. The quantitative estimate of drug-likeness (QED) is 0.929. The number of hydrogen-bond acceptors (Lipinski definition) is 3. The van der Waals surface area contributed by atoms with Crippen molar-refractivity contribution in [3.63, 3.8) is 0 Å². The number of fused-ring (bicyclic) bond motifs is 1. The molecule has 0 aliphatic carbocycles. The van der Waals surface area contributed by atoms with Crippen LogP contribution < -0.4 is 15.4 Å². The Morgan fingerprint density at radius 1 is 1.50 bits per heavy atom. The average molecular weight is 313 g/mol. The van der Waals surface area contributed by atoms with Gasteiger partial charge in [-0.25, -0.2) is 0 Å². The van der Waals surface area contributed by atoms with Gasteiger partial charge in [0.15, 0.2) is 6.10 Å². The highest BCUT2D eigenvalue weighted by Crippen LogP contribution is 2.39. The number of nitrogens with two attached hydrogens (primary N) is 1. The normalized spacial score (nSPS) is 18.6. The maximum Gasteiger partial charge on any atom is 0.267 e. The molecular formula is C13H17BrN2O2. The second-order valence-electron chi connectivity index (χ2n) is 4.35. The van der Waals surface area contributed by atoms with Crippen LogP contribution in [-0.2, 0) is 11.2 Å². The van der Waals surface area contributed by atoms with E-state index in [2.05, 4.69) is 22.9 Å². The number of likely N-dealkylation sites (N-methyl/N-ethyl adjacent to an activating group) is 1. The molecule has 1 heterocycles. The van der Waals surface area contributed by atoms with Gasteiger partial charge in [-0.15, -0.1) is 0 Å². The minimum Gasteiger partial charge on any atom is -0.478 e. The number of amides is 1. The molecule has 98 valence electrons. The molecule has 2 N–H and O–H groups in total. The number of halogens is 1. The second-order valence-corrected chi connectivity index (χ2v) is 5.26. The summed E-state index contributed by atoms with van der Waals surface area (Å²) in [6, 6.07) is 3.94. The molecule has 0 bridgehead atoms. The Morgan fingerprint density at radius 2 is 2.22 bits per heavy atom. The van der Waals surface area contributed by atoms with Gasteiger partial charge in [-0.1, -0.05) is 22.9 Å². The van der Waals surface area contributed by atoms with E-state index < -0.39 is 6.10 Å². The highest BCUT2D eigenvalue weighted by Gasteiger charge is 2.33. The summed E-state index contributed by atoms with van der Waals surface area (Å²) >= 11 is 3.46. The summed E-state index contributed by atoms with van der Waals surface area (Å²) in [5.74, 6) is 0.773. The summed E-state index contributed by atoms with van der Waals surface area (Å²) < 4.78 is 6.80. The van der Waals surface area contributed by atoms with Gasteiger partial charge in [0, 0.05) is 17.9 Å². The summed E-state index contributed by atoms with van der Waals surface area (Å²) in [5.41, 5.74) is 7.44. The number of hydrogen-bond donors (Lipinski definition) is 1. The van der Waals surface area contributed by atoms with Gasteiger partial charge in [0.25, 0.3) is 5.91 Å². The number of benzene rings is 1. The molecule has 2 rings (SSSR count). The van der Waals surface area contributed by atoms with Crippen LogP contribution in [0.15, 0.2) is 16.6 Å². The molecule has 5 heteroatoms. The third-order valence-electron chi connectivity index (χ3n) is 3.15. The standard InChI is InChI=1S/C13H17BrN2O2/c1-3-8-6-9(14)7-10-12(8)18-11(4-5-15)13(17)16(10)2/h6-7,11H,3-5,15H2,1-2H3. The molecule has 1 atom stereocenters. The number of nitrogens with zero attached hydrogens (tertiary/aromatic N) is 1. The van der Waals surface area contributed by atoms with Gasteiger partial charge in [0.2, 0.25) is 0 Å². The van der Waals surface area contributed by atoms with Crippen LogP contribution in [0.25, 0.3) is 0 Å². The van der Waals surface area contributed by atoms with Gasteiger partial charge in [-0.2, -0.15) is 0 Å². The Balaban J connectivity index is 2.48. The van der Waals surface area contributed by atoms with E-state index in [0.717, 1.165) is 27.9 Å². The van der Waals surface area contributed by atoms with Crippen LogP contribution in [0.2, 0.25) is 0 Å². The SMILES string of the molecule is CCc1cc(Br)cc2c1OC(CCN)C(=O)N2C. The lowest BCUT2D eigenvalue weighted by atomic mass is 10.1. The fraction of sp³-hybridized carbons (Fsp3) is 0.462. The molecule has 0 saturated heterocycles. The molecule has 0 fully saturated rings. The molecule has 1 aliphatic heterocycles. The maximum absolute atomic E-state index is 12.1. The van der Waals surface area contributed by atoms with Crippen LogP contribution in [0, 0.1) is 0 Å². The van der Waals surface area contributed by atoms with Crippen LogP contribution in [0.5, 0.6) is 5.75 Å². The maximum atomic E-state index is 12.1. The van der Waals surface area contributed by atoms with E-state index in [-0.39, 0.29) is 5.91 Å². The van der Waals surface area contributed by atoms with Crippen molar-refractivity contribution in [2.75, 3.05) is 18.5 Å². The monoisotopic (exact) mass is 312 g/mol. The number of ether oxygens (including phenoxy) is 1. The highest BCUT2D eigenvalue weighted by atomic mass is 79.9. The predicted octanol–water partition coefficient (Wildman–Crippen LogP) is 2.08. The lowest BCUT2D eigenvalue weighted by molar-refractivity contribution is -0.126. The van der Waals surface area contributed by atoms with Gasteiger partial charge >= 0.3 is 0 Å². The van der Waals surface area contributed by atoms with Crippen molar-refractivity contribution in [3.8, 4) is 5.75 Å². The Kier molecular flexibility index (Phi) is 3.92. The van der Waals surface area contributed by atoms with Gasteiger partial charge in [-0.3, -0.25) is 4.79 Å². The average Bonchev–Trinajstić information content (AvgIpc) is 2.36. The van der Waals surface area contributed by atoms with Crippen molar-refractivity contribution in [3.05, 3.63) is 22.2 Å². The summed E-state index contributed by atoms with van der Waals surface area (Å²) in [5, 5.41) is 0. The first kappa shape index (κ1) is 13.4. The van der Waals surface area contributed by atoms with Crippen LogP contribution in [0.1, 0.15) is 18.9 Å². The van der Waals surface area contributed by atoms with E-state index in [1.54, 1.807) is 11.9 Å². The molecule has 1 unspecified atom stereocenters. The van der Waals surface area contributed by atoms with E-state index in [1.807, 2.05) is 12.1 Å². The van der Waals surface area contributed by atoms with Gasteiger partial charge in [0.05, 0.1) is 5.69 Å². The van der Waals surface area contributed by atoms with Crippen molar-refractivity contribution >= 4 is 27.5 Å². The number of carbonyl (C=O) groups is 1. The van der Waals surface area contributed by atoms with E-state index in [4.69, 9.17) is 10.5 Å². The molecule has 1 aromatic rings. The molecule has 0 aromatic heterocycles. The molecule has 0 spiro atoms. The molecule has 1 aliphatic rings. The van der Waals surface area contributed by atoms with Crippen molar-refractivity contribution in [1.82, 2.24) is 0 Å². The van der Waals surface area contributed by atoms with E-state index in [1.165, 1.54) is 0 Å². The molecule has 18 heavy (non-hydrogen) atoms. The van der Waals surface area contributed by atoms with Crippen LogP contribution in [0.4, 0.5) is 5.69 Å². The lowest BCUT2D eigenvalue weighted by Gasteiger charge is -2.33. The summed E-state index contributed by atoms with van der Waals surface area (Å²) in [7, 11) is 1.78. The first-order valence-electron chi connectivity index (χ1n) is 6.05. The fourth-order valence-electron chi connectivity index (χ4n) is 2.14. The van der Waals surface area contributed by atoms with Gasteiger partial charge in [-0.05, 0) is 30.7 Å². The highest BCUT2D eigenvalue weighted by molar-refractivity contribution is 9.10. The summed E-state index contributed by atoms with van der Waals surface area (Å²) in [6.45, 7) is 2.51. The van der Waals surface area contributed by atoms with Gasteiger partial charge in [0.1, 0.15) is 5.75 Å². The third kappa shape index (κ3) is 2.24. The Hall–Kier alpha value is -1.07. The van der Waals surface area contributed by atoms with Gasteiger partial charge < -0.3 is 15.4 Å². The minimum atomic E-state index is -0.459. The first-order valence-corrected chi connectivity index (χ1v) is 6.84. The molecule has 0 radical (unpaired) electrons. The minimum absolute atomic E-state index is 0.0342. The molecule has 1 amide bonds. The Morgan fingerprint density at radius 3 is 2.83 bits per heavy atom. The molecule has 0 saturated carbocycles. The summed E-state index contributed by atoms with van der Waals surface area (Å²) in [6.07, 6.45) is 0.944. The van der Waals surface area contributed by atoms with Crippen LogP contribution >= 0.6 is 15.9 Å². The number of carbonyl (C=O) groups excluding carboxylic acids is 1. The zero-order valence-electron chi connectivity index (χ0n) is 10.6. The predicted molar refractivity (Wildman–Crippen MR) is 75.0 cm³/mol. The zero-order valence-corrected chi connectivity index (χ0v) is 12.2. The largest absolute Gasteiger partial charge is 0.478 e. The Bertz CT molecular complexity index is 476. The van der Waals surface area contributed by atoms with E-state index >= 15 is 0 Å². The molecule has 1 aromatic carbocycles. The number of rotatable bonds is 3. The fourth-order valence-corrected chi connectivity index (χ4v) is 2.64.